The zero-order valence-electron chi connectivity index (χ0n) is 9.12. The third-order valence-corrected chi connectivity index (χ3v) is 2.37. The fourth-order valence-electron chi connectivity index (χ4n) is 1.15. The molecule has 0 atom stereocenters. The van der Waals surface area contributed by atoms with Gasteiger partial charge in [-0.2, -0.15) is 5.10 Å². The van der Waals surface area contributed by atoms with Crippen molar-refractivity contribution in [2.75, 3.05) is 5.73 Å². The number of aromatic nitrogens is 2. The van der Waals surface area contributed by atoms with E-state index in [1.54, 1.807) is 12.1 Å². The molecule has 0 aliphatic rings. The van der Waals surface area contributed by atoms with Crippen molar-refractivity contribution in [1.29, 1.82) is 0 Å². The van der Waals surface area contributed by atoms with E-state index in [-0.39, 0.29) is 17.3 Å². The van der Waals surface area contributed by atoms with E-state index in [4.69, 9.17) is 23.1 Å². The van der Waals surface area contributed by atoms with Crippen molar-refractivity contribution in [2.45, 2.75) is 0 Å². The summed E-state index contributed by atoms with van der Waals surface area (Å²) in [5.74, 6) is 0.0706. The van der Waals surface area contributed by atoms with E-state index in [2.05, 4.69) is 25.1 Å². The molecule has 4 N–H and O–H groups in total. The number of hydrogen-bond donors (Lipinski definition) is 2. The zero-order chi connectivity index (χ0) is 13.0. The molecule has 0 radical (unpaired) electrons. The van der Waals surface area contributed by atoms with Crippen LogP contribution in [0.3, 0.4) is 0 Å². The summed E-state index contributed by atoms with van der Waals surface area (Å²) in [5, 5.41) is 14.9. The summed E-state index contributed by atoms with van der Waals surface area (Å²) in [5.41, 5.74) is 11.9. The summed E-state index contributed by atoms with van der Waals surface area (Å²) < 4.78 is 4.39. The standard InChI is InChI=1S/C10H9ClN6O/c11-7-4-2-1-3-6(7)5-14-15-9(12)8-10(13)17-18-16-8/h1-5H,(H2,12,15)(H2,13,17)/b14-5-. The van der Waals surface area contributed by atoms with Gasteiger partial charge in [0.2, 0.25) is 0 Å². The van der Waals surface area contributed by atoms with Crippen LogP contribution >= 0.6 is 11.6 Å². The number of anilines is 1. The van der Waals surface area contributed by atoms with Crippen molar-refractivity contribution in [3.8, 4) is 0 Å². The van der Waals surface area contributed by atoms with E-state index in [0.29, 0.717) is 5.02 Å². The zero-order valence-corrected chi connectivity index (χ0v) is 9.87. The van der Waals surface area contributed by atoms with Crippen LogP contribution in [0.5, 0.6) is 0 Å². The maximum atomic E-state index is 5.94. The van der Waals surface area contributed by atoms with Gasteiger partial charge in [-0.25, -0.2) is 4.63 Å². The lowest BCUT2D eigenvalue weighted by atomic mass is 10.2. The van der Waals surface area contributed by atoms with Gasteiger partial charge in [0.05, 0.1) is 6.21 Å². The van der Waals surface area contributed by atoms with Gasteiger partial charge >= 0.3 is 0 Å². The SMILES string of the molecule is N/C(=N/N=C\c1ccccc1Cl)c1nonc1N. The van der Waals surface area contributed by atoms with Gasteiger partial charge in [-0.1, -0.05) is 29.8 Å². The van der Waals surface area contributed by atoms with Crippen LogP contribution in [-0.4, -0.2) is 22.4 Å². The summed E-state index contributed by atoms with van der Waals surface area (Å²) in [6, 6.07) is 7.19. The van der Waals surface area contributed by atoms with Gasteiger partial charge in [0, 0.05) is 10.6 Å². The number of nitrogens with two attached hydrogens (primary N) is 2. The lowest BCUT2D eigenvalue weighted by Gasteiger charge is -1.94. The first kappa shape index (κ1) is 12.1. The molecular formula is C10H9ClN6O. The van der Waals surface area contributed by atoms with E-state index in [9.17, 15) is 0 Å². The molecule has 18 heavy (non-hydrogen) atoms. The first-order chi connectivity index (χ1) is 8.68. The molecule has 0 fully saturated rings. The van der Waals surface area contributed by atoms with Gasteiger partial charge in [-0.3, -0.25) is 0 Å². The average molecular weight is 265 g/mol. The van der Waals surface area contributed by atoms with E-state index in [0.717, 1.165) is 5.56 Å². The minimum atomic E-state index is 0.0112. The Morgan fingerprint density at radius 2 is 2.11 bits per heavy atom. The van der Waals surface area contributed by atoms with Crippen LogP contribution in [0.15, 0.2) is 39.1 Å². The van der Waals surface area contributed by atoms with Crippen molar-refractivity contribution in [3.05, 3.63) is 40.5 Å². The van der Waals surface area contributed by atoms with Crippen LogP contribution < -0.4 is 11.5 Å². The van der Waals surface area contributed by atoms with Gasteiger partial charge in [0.15, 0.2) is 17.3 Å². The van der Waals surface area contributed by atoms with E-state index >= 15 is 0 Å². The molecule has 0 spiro atoms. The number of nitrogens with zero attached hydrogens (tertiary/aromatic N) is 4. The Hall–Kier alpha value is -2.41. The van der Waals surface area contributed by atoms with E-state index in [1.165, 1.54) is 6.21 Å². The van der Waals surface area contributed by atoms with E-state index < -0.39 is 0 Å². The molecule has 0 aliphatic carbocycles. The molecule has 0 unspecified atom stereocenters. The molecule has 0 saturated carbocycles. The first-order valence-electron chi connectivity index (χ1n) is 4.88. The smallest absolute Gasteiger partial charge is 0.199 e. The molecule has 0 amide bonds. The van der Waals surface area contributed by atoms with Gasteiger partial charge in [0.25, 0.3) is 0 Å². The molecular weight excluding hydrogens is 256 g/mol. The highest BCUT2D eigenvalue weighted by Gasteiger charge is 2.09. The fourth-order valence-corrected chi connectivity index (χ4v) is 1.34. The Morgan fingerprint density at radius 3 is 2.78 bits per heavy atom. The Labute approximate surface area is 107 Å². The van der Waals surface area contributed by atoms with Crippen LogP contribution in [0.2, 0.25) is 5.02 Å². The lowest BCUT2D eigenvalue weighted by Crippen LogP contribution is -2.15. The molecule has 8 heteroatoms. The summed E-state index contributed by atoms with van der Waals surface area (Å²) in [6.07, 6.45) is 1.47. The molecule has 7 nitrogen and oxygen atoms in total. The molecule has 0 saturated heterocycles. The highest BCUT2D eigenvalue weighted by Crippen LogP contribution is 2.12. The first-order valence-corrected chi connectivity index (χ1v) is 5.25. The normalized spacial score (nSPS) is 12.2. The highest BCUT2D eigenvalue weighted by atomic mass is 35.5. The Morgan fingerprint density at radius 1 is 1.33 bits per heavy atom. The number of amidine groups is 1. The second-order valence-corrected chi connectivity index (χ2v) is 3.66. The van der Waals surface area contributed by atoms with Crippen molar-refractivity contribution >= 4 is 29.5 Å². The van der Waals surface area contributed by atoms with Crippen LogP contribution in [-0.2, 0) is 0 Å². The van der Waals surface area contributed by atoms with Crippen LogP contribution in [0, 0.1) is 0 Å². The number of nitrogen functional groups attached to an aromatic ring is 1. The summed E-state index contributed by atoms with van der Waals surface area (Å²) >= 11 is 5.94. The van der Waals surface area contributed by atoms with Gasteiger partial charge in [-0.05, 0) is 16.4 Å². The number of halogens is 1. The largest absolute Gasteiger partial charge is 0.380 e. The Balaban J connectivity index is 2.16. The predicted molar refractivity (Wildman–Crippen MR) is 68.5 cm³/mol. The number of benzene rings is 1. The van der Waals surface area contributed by atoms with Crippen molar-refractivity contribution in [1.82, 2.24) is 10.3 Å². The second-order valence-electron chi connectivity index (χ2n) is 3.25. The molecule has 2 aromatic rings. The number of hydrogen-bond acceptors (Lipinski definition) is 6. The molecule has 1 aromatic carbocycles. The summed E-state index contributed by atoms with van der Waals surface area (Å²) in [4.78, 5) is 0. The van der Waals surface area contributed by atoms with Gasteiger partial charge < -0.3 is 11.5 Å². The van der Waals surface area contributed by atoms with Gasteiger partial charge in [-0.15, -0.1) is 5.10 Å². The van der Waals surface area contributed by atoms with Crippen molar-refractivity contribution in [2.24, 2.45) is 15.9 Å². The van der Waals surface area contributed by atoms with Crippen LogP contribution in [0.25, 0.3) is 0 Å². The molecule has 1 aromatic heterocycles. The predicted octanol–water partition coefficient (Wildman–Crippen LogP) is 1.04. The Kier molecular flexibility index (Phi) is 3.54. The molecule has 0 aliphatic heterocycles. The summed E-state index contributed by atoms with van der Waals surface area (Å²) in [6.45, 7) is 0. The minimum absolute atomic E-state index is 0.0112. The number of rotatable bonds is 3. The maximum Gasteiger partial charge on any atom is 0.199 e. The van der Waals surface area contributed by atoms with Crippen LogP contribution in [0.4, 0.5) is 5.82 Å². The highest BCUT2D eigenvalue weighted by molar-refractivity contribution is 6.33. The lowest BCUT2D eigenvalue weighted by molar-refractivity contribution is 0.308. The molecule has 92 valence electrons. The minimum Gasteiger partial charge on any atom is -0.380 e. The molecule has 2 rings (SSSR count). The van der Waals surface area contributed by atoms with Crippen molar-refractivity contribution < 1.29 is 4.63 Å². The van der Waals surface area contributed by atoms with Crippen molar-refractivity contribution in [3.63, 3.8) is 0 Å². The summed E-state index contributed by atoms with van der Waals surface area (Å²) in [7, 11) is 0. The average Bonchev–Trinajstić information content (AvgIpc) is 2.78. The van der Waals surface area contributed by atoms with Gasteiger partial charge in [0.1, 0.15) is 0 Å². The topological polar surface area (TPSA) is 116 Å². The molecule has 0 bridgehead atoms. The third-order valence-electron chi connectivity index (χ3n) is 2.02. The van der Waals surface area contributed by atoms with E-state index in [1.807, 2.05) is 12.1 Å². The fraction of sp³-hybridized carbons (Fsp3) is 0. The second kappa shape index (κ2) is 5.28. The monoisotopic (exact) mass is 264 g/mol. The maximum absolute atomic E-state index is 5.94. The quantitative estimate of drug-likeness (QED) is 0.488. The Bertz CT molecular complexity index is 606. The molecule has 1 heterocycles. The van der Waals surface area contributed by atoms with Crippen LogP contribution in [0.1, 0.15) is 11.3 Å². The third kappa shape index (κ3) is 2.64.